The molecular weight excluding hydrogens is 250 g/mol. The molecule has 0 spiro atoms. The van der Waals surface area contributed by atoms with Crippen molar-refractivity contribution < 1.29 is 5.11 Å². The second kappa shape index (κ2) is 7.39. The molecule has 1 aromatic carbocycles. The molecule has 0 radical (unpaired) electrons. The summed E-state index contributed by atoms with van der Waals surface area (Å²) in [4.78, 5) is 2.40. The Balaban J connectivity index is 1.83. The Kier molecular flexibility index (Phi) is 5.54. The van der Waals surface area contributed by atoms with Crippen LogP contribution in [0.25, 0.3) is 0 Å². The first-order valence-corrected chi connectivity index (χ1v) is 7.31. The van der Waals surface area contributed by atoms with E-state index in [0.717, 1.165) is 32.5 Å². The maximum absolute atomic E-state index is 9.42. The van der Waals surface area contributed by atoms with Crippen molar-refractivity contribution in [2.24, 2.45) is 0 Å². The van der Waals surface area contributed by atoms with E-state index in [1.807, 2.05) is 6.07 Å². The summed E-state index contributed by atoms with van der Waals surface area (Å²) in [5.74, 6) is 0. The highest BCUT2D eigenvalue weighted by Crippen LogP contribution is 2.22. The van der Waals surface area contributed by atoms with Crippen LogP contribution in [0.3, 0.4) is 0 Å². The number of rotatable bonds is 6. The summed E-state index contributed by atoms with van der Waals surface area (Å²) in [5.41, 5.74) is 0.924. The quantitative estimate of drug-likeness (QED) is 0.772. The zero-order valence-electron chi connectivity index (χ0n) is 11.9. The molecule has 0 bridgehead atoms. The van der Waals surface area contributed by atoms with Gasteiger partial charge in [-0.2, -0.15) is 5.26 Å². The largest absolute Gasteiger partial charge is 0.396 e. The maximum atomic E-state index is 9.42. The van der Waals surface area contributed by atoms with E-state index in [4.69, 9.17) is 5.11 Å². The number of nitrogens with one attached hydrogen (secondary N) is 1. The molecule has 0 saturated carbocycles. The Morgan fingerprint density at radius 2 is 1.95 bits per heavy atom. The normalized spacial score (nSPS) is 18.6. The summed E-state index contributed by atoms with van der Waals surface area (Å²) in [6.45, 7) is 3.72. The van der Waals surface area contributed by atoms with Crippen LogP contribution < -0.4 is 5.32 Å². The van der Waals surface area contributed by atoms with Crippen LogP contribution in [-0.2, 0) is 6.54 Å². The third-order valence-electron chi connectivity index (χ3n) is 3.97. The Bertz CT molecular complexity index is 433. The van der Waals surface area contributed by atoms with Gasteiger partial charge in [0.05, 0.1) is 6.07 Å². The van der Waals surface area contributed by atoms with Crippen molar-refractivity contribution in [1.82, 2.24) is 10.2 Å². The van der Waals surface area contributed by atoms with Crippen LogP contribution >= 0.6 is 0 Å². The molecule has 1 aliphatic heterocycles. The number of aliphatic hydroxyl groups excluding tert-OH is 1. The number of likely N-dealkylation sites (tertiary alicyclic amines) is 1. The van der Waals surface area contributed by atoms with Gasteiger partial charge in [0, 0.05) is 26.2 Å². The zero-order chi connectivity index (χ0) is 14.3. The molecule has 4 nitrogen and oxygen atoms in total. The van der Waals surface area contributed by atoms with Gasteiger partial charge in [-0.15, -0.1) is 0 Å². The second-order valence-electron chi connectivity index (χ2n) is 5.46. The third kappa shape index (κ3) is 4.04. The standard InChI is InChI=1S/C16H23N3O/c17-14-16(18-9-4-12-20)7-10-19(11-8-16)13-15-5-2-1-3-6-15/h1-3,5-6,18,20H,4,7-13H2. The van der Waals surface area contributed by atoms with E-state index in [-0.39, 0.29) is 6.61 Å². The summed E-state index contributed by atoms with van der Waals surface area (Å²) >= 11 is 0. The number of benzene rings is 1. The van der Waals surface area contributed by atoms with Crippen molar-refractivity contribution in [2.75, 3.05) is 26.2 Å². The van der Waals surface area contributed by atoms with Gasteiger partial charge in [-0.1, -0.05) is 30.3 Å². The molecule has 1 aromatic rings. The second-order valence-corrected chi connectivity index (χ2v) is 5.46. The first-order chi connectivity index (χ1) is 9.78. The number of hydrogen-bond donors (Lipinski definition) is 2. The van der Waals surface area contributed by atoms with Gasteiger partial charge in [-0.3, -0.25) is 10.2 Å². The van der Waals surface area contributed by atoms with Crippen LogP contribution in [0.1, 0.15) is 24.8 Å². The van der Waals surface area contributed by atoms with Gasteiger partial charge in [-0.25, -0.2) is 0 Å². The van der Waals surface area contributed by atoms with Crippen LogP contribution in [0.15, 0.2) is 30.3 Å². The molecule has 0 aliphatic carbocycles. The van der Waals surface area contributed by atoms with Crippen LogP contribution in [0.2, 0.25) is 0 Å². The molecule has 0 amide bonds. The zero-order valence-corrected chi connectivity index (χ0v) is 11.9. The van der Waals surface area contributed by atoms with E-state index in [1.54, 1.807) is 0 Å². The SMILES string of the molecule is N#CC1(NCCCO)CCN(Cc2ccccc2)CC1. The maximum Gasteiger partial charge on any atom is 0.109 e. The Labute approximate surface area is 121 Å². The molecule has 1 aliphatic rings. The molecular formula is C16H23N3O. The average Bonchev–Trinajstić information content (AvgIpc) is 2.51. The molecule has 1 heterocycles. The summed E-state index contributed by atoms with van der Waals surface area (Å²) < 4.78 is 0. The minimum atomic E-state index is -0.400. The number of nitriles is 1. The lowest BCUT2D eigenvalue weighted by Gasteiger charge is -2.38. The van der Waals surface area contributed by atoms with Gasteiger partial charge < -0.3 is 5.11 Å². The molecule has 2 rings (SSSR count). The third-order valence-corrected chi connectivity index (χ3v) is 3.97. The van der Waals surface area contributed by atoms with E-state index >= 15 is 0 Å². The lowest BCUT2D eigenvalue weighted by Crippen LogP contribution is -2.52. The average molecular weight is 273 g/mol. The van der Waals surface area contributed by atoms with Crippen molar-refractivity contribution in [3.63, 3.8) is 0 Å². The number of aliphatic hydroxyl groups is 1. The molecule has 2 N–H and O–H groups in total. The smallest absolute Gasteiger partial charge is 0.109 e. The number of hydrogen-bond acceptors (Lipinski definition) is 4. The molecule has 108 valence electrons. The van der Waals surface area contributed by atoms with Crippen molar-refractivity contribution >= 4 is 0 Å². The van der Waals surface area contributed by atoms with Crippen LogP contribution in [0.5, 0.6) is 0 Å². The lowest BCUT2D eigenvalue weighted by atomic mass is 9.88. The predicted octanol–water partition coefficient (Wildman–Crippen LogP) is 1.52. The van der Waals surface area contributed by atoms with E-state index in [0.29, 0.717) is 13.0 Å². The molecule has 20 heavy (non-hydrogen) atoms. The fraction of sp³-hybridized carbons (Fsp3) is 0.562. The fourth-order valence-electron chi connectivity index (χ4n) is 2.67. The minimum absolute atomic E-state index is 0.175. The monoisotopic (exact) mass is 273 g/mol. The Morgan fingerprint density at radius 1 is 1.25 bits per heavy atom. The Morgan fingerprint density at radius 3 is 2.55 bits per heavy atom. The van der Waals surface area contributed by atoms with Gasteiger partial charge in [-0.05, 0) is 31.4 Å². The van der Waals surface area contributed by atoms with E-state index in [9.17, 15) is 5.26 Å². The summed E-state index contributed by atoms with van der Waals surface area (Å²) in [5, 5.41) is 21.6. The first kappa shape index (κ1) is 15.0. The highest BCUT2D eigenvalue weighted by Gasteiger charge is 2.33. The molecule has 4 heteroatoms. The van der Waals surface area contributed by atoms with Gasteiger partial charge in [0.2, 0.25) is 0 Å². The first-order valence-electron chi connectivity index (χ1n) is 7.31. The summed E-state index contributed by atoms with van der Waals surface area (Å²) in [6.07, 6.45) is 2.40. The lowest BCUT2D eigenvalue weighted by molar-refractivity contribution is 0.158. The molecule has 0 atom stereocenters. The molecule has 0 unspecified atom stereocenters. The topological polar surface area (TPSA) is 59.3 Å². The highest BCUT2D eigenvalue weighted by atomic mass is 16.3. The van der Waals surface area contributed by atoms with E-state index in [1.165, 1.54) is 5.56 Å². The number of piperidine rings is 1. The highest BCUT2D eigenvalue weighted by molar-refractivity contribution is 5.15. The van der Waals surface area contributed by atoms with Gasteiger partial charge in [0.1, 0.15) is 5.54 Å². The Hall–Kier alpha value is -1.41. The van der Waals surface area contributed by atoms with Gasteiger partial charge in [0.25, 0.3) is 0 Å². The van der Waals surface area contributed by atoms with E-state index < -0.39 is 5.54 Å². The van der Waals surface area contributed by atoms with E-state index in [2.05, 4.69) is 40.6 Å². The fourth-order valence-corrected chi connectivity index (χ4v) is 2.67. The predicted molar refractivity (Wildman–Crippen MR) is 79.0 cm³/mol. The van der Waals surface area contributed by atoms with Crippen molar-refractivity contribution in [2.45, 2.75) is 31.3 Å². The van der Waals surface area contributed by atoms with Crippen LogP contribution in [-0.4, -0.2) is 41.8 Å². The summed E-state index contributed by atoms with van der Waals surface area (Å²) in [7, 11) is 0. The molecule has 0 aromatic heterocycles. The van der Waals surface area contributed by atoms with Crippen molar-refractivity contribution in [3.8, 4) is 6.07 Å². The summed E-state index contributed by atoms with van der Waals surface area (Å²) in [6, 6.07) is 12.9. The van der Waals surface area contributed by atoms with Crippen molar-refractivity contribution in [3.05, 3.63) is 35.9 Å². The van der Waals surface area contributed by atoms with Gasteiger partial charge in [0.15, 0.2) is 0 Å². The van der Waals surface area contributed by atoms with Gasteiger partial charge >= 0.3 is 0 Å². The minimum Gasteiger partial charge on any atom is -0.396 e. The van der Waals surface area contributed by atoms with Crippen molar-refractivity contribution in [1.29, 1.82) is 5.26 Å². The molecule has 1 saturated heterocycles. The van der Waals surface area contributed by atoms with Crippen LogP contribution in [0.4, 0.5) is 0 Å². The molecule has 1 fully saturated rings. The van der Waals surface area contributed by atoms with Crippen LogP contribution in [0, 0.1) is 11.3 Å². The number of nitrogens with zero attached hydrogens (tertiary/aromatic N) is 2.